The van der Waals surface area contributed by atoms with Crippen LogP contribution in [0.25, 0.3) is 0 Å². The molecule has 20 heavy (non-hydrogen) atoms. The number of urea groups is 1. The lowest BCUT2D eigenvalue weighted by atomic mass is 10.1. The Morgan fingerprint density at radius 3 is 2.70 bits per heavy atom. The summed E-state index contributed by atoms with van der Waals surface area (Å²) < 4.78 is 15.4. The molecule has 0 aliphatic rings. The Balaban J connectivity index is 2.48. The SMILES string of the molecule is COCCNC(=O)NC[C@H](OC)c1cccc(OC)c1. The molecule has 0 radical (unpaired) electrons. The van der Waals surface area contributed by atoms with Gasteiger partial charge in [0.25, 0.3) is 0 Å². The van der Waals surface area contributed by atoms with Crippen molar-refractivity contribution in [1.29, 1.82) is 0 Å². The second-order valence-corrected chi connectivity index (χ2v) is 4.13. The van der Waals surface area contributed by atoms with Crippen LogP contribution in [0.1, 0.15) is 11.7 Å². The molecule has 0 aromatic heterocycles. The molecule has 0 saturated carbocycles. The van der Waals surface area contributed by atoms with Crippen LogP contribution in [-0.4, -0.2) is 47.1 Å². The second kappa shape index (κ2) is 9.17. The monoisotopic (exact) mass is 282 g/mol. The topological polar surface area (TPSA) is 68.8 Å². The first kappa shape index (κ1) is 16.3. The maximum absolute atomic E-state index is 11.5. The lowest BCUT2D eigenvalue weighted by Gasteiger charge is -2.17. The number of hydrogen-bond donors (Lipinski definition) is 2. The average molecular weight is 282 g/mol. The van der Waals surface area contributed by atoms with Crippen LogP contribution in [0.4, 0.5) is 4.79 Å². The summed E-state index contributed by atoms with van der Waals surface area (Å²) in [5, 5.41) is 5.44. The van der Waals surface area contributed by atoms with Gasteiger partial charge in [0.2, 0.25) is 0 Å². The maximum atomic E-state index is 11.5. The third kappa shape index (κ3) is 5.46. The first-order chi connectivity index (χ1) is 9.71. The molecule has 1 aromatic carbocycles. The quantitative estimate of drug-likeness (QED) is 0.706. The molecule has 0 fully saturated rings. The van der Waals surface area contributed by atoms with Crippen molar-refractivity contribution >= 4 is 6.03 Å². The van der Waals surface area contributed by atoms with Gasteiger partial charge in [0.05, 0.1) is 19.8 Å². The highest BCUT2D eigenvalue weighted by Crippen LogP contribution is 2.20. The van der Waals surface area contributed by atoms with Crippen molar-refractivity contribution in [2.45, 2.75) is 6.10 Å². The van der Waals surface area contributed by atoms with E-state index in [-0.39, 0.29) is 12.1 Å². The molecule has 0 aliphatic heterocycles. The van der Waals surface area contributed by atoms with Crippen molar-refractivity contribution in [3.8, 4) is 5.75 Å². The number of rotatable bonds is 8. The van der Waals surface area contributed by atoms with Gasteiger partial charge in [-0.1, -0.05) is 12.1 Å². The number of amides is 2. The normalized spacial score (nSPS) is 11.8. The van der Waals surface area contributed by atoms with Crippen LogP contribution in [-0.2, 0) is 9.47 Å². The summed E-state index contributed by atoms with van der Waals surface area (Å²) in [5.41, 5.74) is 0.948. The standard InChI is InChI=1S/C14H22N2O4/c1-18-8-7-15-14(17)16-10-13(20-3)11-5-4-6-12(9-11)19-2/h4-6,9,13H,7-8,10H2,1-3H3,(H2,15,16,17)/t13-/m0/s1. The van der Waals surface area contributed by atoms with Crippen LogP contribution in [0.2, 0.25) is 0 Å². The van der Waals surface area contributed by atoms with Gasteiger partial charge in [0.1, 0.15) is 5.75 Å². The summed E-state index contributed by atoms with van der Waals surface area (Å²) in [5.74, 6) is 0.758. The van der Waals surface area contributed by atoms with Crippen molar-refractivity contribution in [2.24, 2.45) is 0 Å². The molecule has 0 spiro atoms. The third-order valence-electron chi connectivity index (χ3n) is 2.79. The lowest BCUT2D eigenvalue weighted by molar-refractivity contribution is 0.103. The first-order valence-electron chi connectivity index (χ1n) is 6.38. The highest BCUT2D eigenvalue weighted by Gasteiger charge is 2.12. The Labute approximate surface area is 119 Å². The molecule has 0 saturated heterocycles. The molecule has 2 N–H and O–H groups in total. The van der Waals surface area contributed by atoms with Crippen LogP contribution < -0.4 is 15.4 Å². The molecule has 112 valence electrons. The van der Waals surface area contributed by atoms with Gasteiger partial charge in [0, 0.05) is 27.3 Å². The fourth-order valence-electron chi connectivity index (χ4n) is 1.69. The van der Waals surface area contributed by atoms with E-state index in [1.54, 1.807) is 21.3 Å². The van der Waals surface area contributed by atoms with Crippen LogP contribution in [0.15, 0.2) is 24.3 Å². The van der Waals surface area contributed by atoms with Crippen LogP contribution in [0.3, 0.4) is 0 Å². The molecule has 1 rings (SSSR count). The van der Waals surface area contributed by atoms with Crippen LogP contribution in [0, 0.1) is 0 Å². The van der Waals surface area contributed by atoms with E-state index < -0.39 is 0 Å². The third-order valence-corrected chi connectivity index (χ3v) is 2.79. The van der Waals surface area contributed by atoms with E-state index in [4.69, 9.17) is 14.2 Å². The van der Waals surface area contributed by atoms with Gasteiger partial charge in [-0.3, -0.25) is 0 Å². The number of benzene rings is 1. The van der Waals surface area contributed by atoms with Crippen molar-refractivity contribution in [3.63, 3.8) is 0 Å². The molecule has 0 heterocycles. The molecule has 2 amide bonds. The van der Waals surface area contributed by atoms with Crippen molar-refractivity contribution in [1.82, 2.24) is 10.6 Å². The number of carbonyl (C=O) groups excluding carboxylic acids is 1. The molecule has 0 bridgehead atoms. The van der Waals surface area contributed by atoms with E-state index in [0.29, 0.717) is 19.7 Å². The predicted molar refractivity (Wildman–Crippen MR) is 76.0 cm³/mol. The minimum Gasteiger partial charge on any atom is -0.497 e. The number of ether oxygens (including phenoxy) is 3. The Morgan fingerprint density at radius 1 is 1.25 bits per heavy atom. The van der Waals surface area contributed by atoms with Crippen molar-refractivity contribution in [2.75, 3.05) is 41.0 Å². The van der Waals surface area contributed by atoms with Gasteiger partial charge >= 0.3 is 6.03 Å². The zero-order chi connectivity index (χ0) is 14.8. The van der Waals surface area contributed by atoms with Crippen molar-refractivity contribution < 1.29 is 19.0 Å². The number of nitrogens with one attached hydrogen (secondary N) is 2. The molecule has 6 nitrogen and oxygen atoms in total. The van der Waals surface area contributed by atoms with Gasteiger partial charge in [0.15, 0.2) is 0 Å². The van der Waals surface area contributed by atoms with Gasteiger partial charge in [-0.2, -0.15) is 0 Å². The summed E-state index contributed by atoms with van der Waals surface area (Å²) in [6, 6.07) is 7.33. The molecular formula is C14H22N2O4. The zero-order valence-corrected chi connectivity index (χ0v) is 12.1. The molecule has 6 heteroatoms. The van der Waals surface area contributed by atoms with Gasteiger partial charge in [-0.15, -0.1) is 0 Å². The Hall–Kier alpha value is -1.79. The second-order valence-electron chi connectivity index (χ2n) is 4.13. The van der Waals surface area contributed by atoms with Crippen LogP contribution in [0.5, 0.6) is 5.75 Å². The zero-order valence-electron chi connectivity index (χ0n) is 12.1. The Kier molecular flexibility index (Phi) is 7.46. The van der Waals surface area contributed by atoms with E-state index in [1.165, 1.54) is 0 Å². The summed E-state index contributed by atoms with van der Waals surface area (Å²) in [6.07, 6.45) is -0.224. The molecule has 0 aliphatic carbocycles. The summed E-state index contributed by atoms with van der Waals surface area (Å²) in [4.78, 5) is 11.5. The molecule has 1 aromatic rings. The minimum atomic E-state index is -0.244. The van der Waals surface area contributed by atoms with E-state index >= 15 is 0 Å². The van der Waals surface area contributed by atoms with E-state index in [2.05, 4.69) is 10.6 Å². The minimum absolute atomic E-state index is 0.224. The van der Waals surface area contributed by atoms with E-state index in [0.717, 1.165) is 11.3 Å². The Bertz CT molecular complexity index is 412. The van der Waals surface area contributed by atoms with E-state index in [1.807, 2.05) is 24.3 Å². The molecular weight excluding hydrogens is 260 g/mol. The smallest absolute Gasteiger partial charge is 0.314 e. The first-order valence-corrected chi connectivity index (χ1v) is 6.38. The Morgan fingerprint density at radius 2 is 2.05 bits per heavy atom. The number of carbonyl (C=O) groups is 1. The lowest BCUT2D eigenvalue weighted by Crippen LogP contribution is -2.39. The average Bonchev–Trinajstić information content (AvgIpc) is 2.48. The fourth-order valence-corrected chi connectivity index (χ4v) is 1.69. The van der Waals surface area contributed by atoms with Crippen molar-refractivity contribution in [3.05, 3.63) is 29.8 Å². The molecule has 0 unspecified atom stereocenters. The summed E-state index contributed by atoms with van der Waals surface area (Å²) in [6.45, 7) is 1.33. The number of hydrogen-bond acceptors (Lipinski definition) is 4. The highest BCUT2D eigenvalue weighted by molar-refractivity contribution is 5.73. The highest BCUT2D eigenvalue weighted by atomic mass is 16.5. The summed E-state index contributed by atoms with van der Waals surface area (Å²) in [7, 11) is 4.81. The van der Waals surface area contributed by atoms with Gasteiger partial charge in [-0.25, -0.2) is 4.79 Å². The molecule has 1 atom stereocenters. The van der Waals surface area contributed by atoms with Gasteiger partial charge in [-0.05, 0) is 17.7 Å². The summed E-state index contributed by atoms with van der Waals surface area (Å²) >= 11 is 0. The predicted octanol–water partition coefficient (Wildman–Crippen LogP) is 1.33. The van der Waals surface area contributed by atoms with Gasteiger partial charge < -0.3 is 24.8 Å². The largest absolute Gasteiger partial charge is 0.497 e. The van der Waals surface area contributed by atoms with Crippen LogP contribution >= 0.6 is 0 Å². The maximum Gasteiger partial charge on any atom is 0.314 e. The van der Waals surface area contributed by atoms with E-state index in [9.17, 15) is 4.79 Å². The number of methoxy groups -OCH3 is 3. The fraction of sp³-hybridized carbons (Fsp3) is 0.500.